The molecule has 1 aliphatic rings. The van der Waals surface area contributed by atoms with Gasteiger partial charge in [-0.15, -0.1) is 0 Å². The second kappa shape index (κ2) is 5.33. The van der Waals surface area contributed by atoms with Gasteiger partial charge >= 0.3 is 0 Å². The summed E-state index contributed by atoms with van der Waals surface area (Å²) in [5.74, 6) is 1.01. The summed E-state index contributed by atoms with van der Waals surface area (Å²) in [7, 11) is 0. The van der Waals surface area contributed by atoms with Gasteiger partial charge in [-0.1, -0.05) is 41.9 Å². The maximum atomic E-state index is 6.01. The smallest absolute Gasteiger partial charge is 0.135 e. The van der Waals surface area contributed by atoms with E-state index >= 15 is 0 Å². The van der Waals surface area contributed by atoms with Gasteiger partial charge < -0.3 is 4.90 Å². The van der Waals surface area contributed by atoms with Gasteiger partial charge in [-0.25, -0.2) is 0 Å². The Bertz CT molecular complexity index is 595. The molecule has 0 bridgehead atoms. The summed E-state index contributed by atoms with van der Waals surface area (Å²) in [4.78, 5) is 2.17. The van der Waals surface area contributed by atoms with Crippen LogP contribution in [0.15, 0.2) is 59.7 Å². The lowest BCUT2D eigenvalue weighted by Crippen LogP contribution is -2.30. The number of halogens is 1. The highest BCUT2D eigenvalue weighted by atomic mass is 35.5. The third kappa shape index (κ3) is 2.71. The number of hydrogen-bond acceptors (Lipinski definition) is 3. The number of hydrazone groups is 1. The Kier molecular flexibility index (Phi) is 3.38. The van der Waals surface area contributed by atoms with Gasteiger partial charge in [0.2, 0.25) is 0 Å². The minimum Gasteiger partial charge on any atom is -0.309 e. The van der Waals surface area contributed by atoms with Crippen LogP contribution in [-0.4, -0.2) is 12.5 Å². The number of rotatable bonds is 3. The van der Waals surface area contributed by atoms with Gasteiger partial charge in [0.05, 0.1) is 0 Å². The summed E-state index contributed by atoms with van der Waals surface area (Å²) >= 11 is 6.01. The van der Waals surface area contributed by atoms with E-state index in [1.807, 2.05) is 36.4 Å². The summed E-state index contributed by atoms with van der Waals surface area (Å²) in [6, 6.07) is 18.1. The average molecular weight is 272 g/mol. The number of anilines is 1. The van der Waals surface area contributed by atoms with Crippen LogP contribution in [0.4, 0.5) is 5.69 Å². The second-order valence-electron chi connectivity index (χ2n) is 4.41. The molecule has 2 aromatic rings. The third-order valence-corrected chi connectivity index (χ3v) is 3.30. The first-order chi connectivity index (χ1) is 9.33. The quantitative estimate of drug-likeness (QED) is 0.928. The Morgan fingerprint density at radius 1 is 1.11 bits per heavy atom. The molecule has 0 amide bonds. The molecule has 19 heavy (non-hydrogen) atoms. The van der Waals surface area contributed by atoms with Crippen molar-refractivity contribution in [3.8, 4) is 0 Å². The molecule has 0 spiro atoms. The van der Waals surface area contributed by atoms with Gasteiger partial charge in [0.25, 0.3) is 0 Å². The van der Waals surface area contributed by atoms with Crippen molar-refractivity contribution in [3.05, 3.63) is 65.2 Å². The molecule has 4 heteroatoms. The van der Waals surface area contributed by atoms with Crippen LogP contribution in [0.25, 0.3) is 0 Å². The van der Waals surface area contributed by atoms with E-state index in [0.29, 0.717) is 6.67 Å². The fraction of sp³-hybridized carbons (Fsp3) is 0.133. The lowest BCUT2D eigenvalue weighted by atomic mass is 10.1. The molecule has 0 radical (unpaired) electrons. The zero-order valence-electron chi connectivity index (χ0n) is 10.4. The highest BCUT2D eigenvalue weighted by Crippen LogP contribution is 2.18. The molecule has 96 valence electrons. The number of hydrogen-bond donors (Lipinski definition) is 1. The first kappa shape index (κ1) is 12.1. The molecule has 0 atom stereocenters. The van der Waals surface area contributed by atoms with Crippen molar-refractivity contribution in [1.29, 1.82) is 0 Å². The highest BCUT2D eigenvalue weighted by molar-refractivity contribution is 6.30. The van der Waals surface area contributed by atoms with Crippen molar-refractivity contribution in [2.45, 2.75) is 6.42 Å². The van der Waals surface area contributed by atoms with Crippen LogP contribution in [0.1, 0.15) is 5.56 Å². The van der Waals surface area contributed by atoms with Gasteiger partial charge in [0.1, 0.15) is 12.5 Å². The number of amidine groups is 1. The predicted molar refractivity (Wildman–Crippen MR) is 79.5 cm³/mol. The van der Waals surface area contributed by atoms with E-state index in [4.69, 9.17) is 11.6 Å². The molecule has 1 heterocycles. The largest absolute Gasteiger partial charge is 0.309 e. The SMILES string of the molecule is Clc1cccc(CC2=NNCN2c2ccccc2)c1. The van der Waals surface area contributed by atoms with Crippen molar-refractivity contribution >= 4 is 23.1 Å². The Labute approximate surface area is 117 Å². The summed E-state index contributed by atoms with van der Waals surface area (Å²) in [6.07, 6.45) is 0.766. The van der Waals surface area contributed by atoms with Gasteiger partial charge in [0, 0.05) is 17.1 Å². The van der Waals surface area contributed by atoms with Crippen LogP contribution in [-0.2, 0) is 6.42 Å². The molecule has 0 aromatic heterocycles. The van der Waals surface area contributed by atoms with E-state index in [1.165, 1.54) is 0 Å². The molecule has 0 aliphatic carbocycles. The van der Waals surface area contributed by atoms with Crippen LogP contribution in [0.5, 0.6) is 0 Å². The van der Waals surface area contributed by atoms with Gasteiger partial charge in [0.15, 0.2) is 0 Å². The Hall–Kier alpha value is -2.00. The zero-order chi connectivity index (χ0) is 13.1. The standard InChI is InChI=1S/C15H14ClN3/c16-13-6-4-5-12(9-13)10-15-18-17-11-19(15)14-7-2-1-3-8-14/h1-9,17H,10-11H2. The topological polar surface area (TPSA) is 27.6 Å². The van der Waals surface area contributed by atoms with Gasteiger partial charge in [-0.2, -0.15) is 5.10 Å². The van der Waals surface area contributed by atoms with E-state index in [-0.39, 0.29) is 0 Å². The molecule has 2 aromatic carbocycles. The van der Waals surface area contributed by atoms with E-state index < -0.39 is 0 Å². The van der Waals surface area contributed by atoms with Crippen molar-refractivity contribution in [3.63, 3.8) is 0 Å². The fourth-order valence-electron chi connectivity index (χ4n) is 2.16. The number of nitrogens with one attached hydrogen (secondary N) is 1. The van der Waals surface area contributed by atoms with E-state index in [0.717, 1.165) is 28.5 Å². The second-order valence-corrected chi connectivity index (χ2v) is 4.85. The average Bonchev–Trinajstić information content (AvgIpc) is 2.88. The summed E-state index contributed by atoms with van der Waals surface area (Å²) in [6.45, 7) is 0.708. The molecule has 1 N–H and O–H groups in total. The van der Waals surface area contributed by atoms with Crippen LogP contribution in [0.3, 0.4) is 0 Å². The van der Waals surface area contributed by atoms with Gasteiger partial charge in [-0.05, 0) is 29.8 Å². The Balaban J connectivity index is 1.81. The molecule has 0 fully saturated rings. The van der Waals surface area contributed by atoms with Crippen LogP contribution < -0.4 is 10.3 Å². The van der Waals surface area contributed by atoms with Crippen LogP contribution in [0.2, 0.25) is 5.02 Å². The number of benzene rings is 2. The summed E-state index contributed by atoms with van der Waals surface area (Å²) in [5, 5.41) is 5.13. The molecule has 0 saturated carbocycles. The molecule has 1 aliphatic heterocycles. The van der Waals surface area contributed by atoms with E-state index in [2.05, 4.69) is 33.6 Å². The number of para-hydroxylation sites is 1. The molecular weight excluding hydrogens is 258 g/mol. The third-order valence-electron chi connectivity index (χ3n) is 3.07. The lowest BCUT2D eigenvalue weighted by Gasteiger charge is -2.19. The summed E-state index contributed by atoms with van der Waals surface area (Å²) < 4.78 is 0. The maximum Gasteiger partial charge on any atom is 0.135 e. The molecule has 3 nitrogen and oxygen atoms in total. The van der Waals surface area contributed by atoms with E-state index in [9.17, 15) is 0 Å². The van der Waals surface area contributed by atoms with Crippen LogP contribution in [0, 0.1) is 0 Å². The Morgan fingerprint density at radius 2 is 1.95 bits per heavy atom. The van der Waals surface area contributed by atoms with Crippen molar-refractivity contribution < 1.29 is 0 Å². The first-order valence-corrected chi connectivity index (χ1v) is 6.57. The molecular formula is C15H14ClN3. The molecule has 0 saturated heterocycles. The Morgan fingerprint density at radius 3 is 2.74 bits per heavy atom. The summed E-state index contributed by atoms with van der Waals surface area (Å²) in [5.41, 5.74) is 5.35. The molecule has 0 unspecified atom stereocenters. The molecule has 3 rings (SSSR count). The van der Waals surface area contributed by atoms with Crippen molar-refractivity contribution in [1.82, 2.24) is 5.43 Å². The lowest BCUT2D eigenvalue weighted by molar-refractivity contribution is 0.807. The first-order valence-electron chi connectivity index (χ1n) is 6.19. The normalized spacial score (nSPS) is 14.2. The number of nitrogens with zero attached hydrogens (tertiary/aromatic N) is 2. The minimum atomic E-state index is 0.708. The monoisotopic (exact) mass is 271 g/mol. The minimum absolute atomic E-state index is 0.708. The van der Waals surface area contributed by atoms with Crippen molar-refractivity contribution in [2.75, 3.05) is 11.6 Å². The zero-order valence-corrected chi connectivity index (χ0v) is 11.1. The maximum absolute atomic E-state index is 6.01. The predicted octanol–water partition coefficient (Wildman–Crippen LogP) is 3.26. The van der Waals surface area contributed by atoms with Crippen molar-refractivity contribution in [2.24, 2.45) is 5.10 Å². The van der Waals surface area contributed by atoms with Crippen LogP contribution >= 0.6 is 11.6 Å². The highest BCUT2D eigenvalue weighted by Gasteiger charge is 2.18. The van der Waals surface area contributed by atoms with Gasteiger partial charge in [-0.3, -0.25) is 5.43 Å². The van der Waals surface area contributed by atoms with E-state index in [1.54, 1.807) is 0 Å². The fourth-order valence-corrected chi connectivity index (χ4v) is 2.37.